The molecule has 1 fully saturated rings. The summed E-state index contributed by atoms with van der Waals surface area (Å²) in [6, 6.07) is -2.66. The SMILES string of the molecule is CCCC(NC(=O)C[C@H]1CC=C[C@H]1CNC(=O)[C@@H](NC(=O)[C@H](NC(=O)c1cnccn1)C(C)C)C(C)(C)C)C(=O)C(=O)NC1CC1. The van der Waals surface area contributed by atoms with Gasteiger partial charge in [-0.15, -0.1) is 0 Å². The van der Waals surface area contributed by atoms with Gasteiger partial charge in [-0.25, -0.2) is 4.98 Å². The molecule has 5 amide bonds. The third-order valence-corrected chi connectivity index (χ3v) is 8.20. The highest BCUT2D eigenvalue weighted by Crippen LogP contribution is 2.28. The molecule has 0 bridgehead atoms. The van der Waals surface area contributed by atoms with Crippen molar-refractivity contribution in [1.29, 1.82) is 0 Å². The Kier molecular flexibility index (Phi) is 13.0. The molecule has 5 atom stereocenters. The van der Waals surface area contributed by atoms with Gasteiger partial charge in [0.25, 0.3) is 11.8 Å². The predicted molar refractivity (Wildman–Crippen MR) is 171 cm³/mol. The van der Waals surface area contributed by atoms with Gasteiger partial charge in [0.2, 0.25) is 23.5 Å². The molecule has 2 aliphatic rings. The Labute approximate surface area is 270 Å². The highest BCUT2D eigenvalue weighted by Gasteiger charge is 2.37. The first-order chi connectivity index (χ1) is 21.7. The van der Waals surface area contributed by atoms with Crippen molar-refractivity contribution in [1.82, 2.24) is 36.6 Å². The molecule has 2 aliphatic carbocycles. The van der Waals surface area contributed by atoms with Crippen LogP contribution in [0.25, 0.3) is 0 Å². The van der Waals surface area contributed by atoms with Crippen LogP contribution in [0.1, 0.15) is 90.6 Å². The first kappa shape index (κ1) is 36.3. The van der Waals surface area contributed by atoms with Gasteiger partial charge in [-0.1, -0.05) is 60.1 Å². The Morgan fingerprint density at radius 1 is 0.978 bits per heavy atom. The quantitative estimate of drug-likeness (QED) is 0.133. The maximum Gasteiger partial charge on any atom is 0.289 e. The van der Waals surface area contributed by atoms with E-state index in [0.29, 0.717) is 19.3 Å². The molecule has 13 heteroatoms. The van der Waals surface area contributed by atoms with Gasteiger partial charge in [0.1, 0.15) is 17.8 Å². The van der Waals surface area contributed by atoms with Crippen LogP contribution in [-0.4, -0.2) is 76.0 Å². The summed E-state index contributed by atoms with van der Waals surface area (Å²) in [6.45, 7) is 11.2. The van der Waals surface area contributed by atoms with Crippen molar-refractivity contribution in [2.45, 2.75) is 104 Å². The molecule has 0 radical (unpaired) electrons. The lowest BCUT2D eigenvalue weighted by atomic mass is 9.85. The van der Waals surface area contributed by atoms with Crippen LogP contribution in [0, 0.1) is 23.2 Å². The third kappa shape index (κ3) is 10.7. The highest BCUT2D eigenvalue weighted by atomic mass is 16.2. The molecule has 0 aromatic carbocycles. The molecule has 0 saturated heterocycles. The zero-order valence-electron chi connectivity index (χ0n) is 27.7. The molecule has 13 nitrogen and oxygen atoms in total. The fourth-order valence-corrected chi connectivity index (χ4v) is 5.32. The molecule has 1 unspecified atom stereocenters. The topological polar surface area (TPSA) is 188 Å². The number of nitrogens with zero attached hydrogens (tertiary/aromatic N) is 2. The second-order valence-corrected chi connectivity index (χ2v) is 13.7. The molecule has 3 rings (SSSR count). The Hall–Kier alpha value is -4.16. The minimum Gasteiger partial charge on any atom is -0.354 e. The highest BCUT2D eigenvalue weighted by molar-refractivity contribution is 6.38. The minimum absolute atomic E-state index is 0.0496. The number of hydrogen-bond acceptors (Lipinski definition) is 8. The Bertz CT molecular complexity index is 1290. The van der Waals surface area contributed by atoms with Crippen LogP contribution in [0.15, 0.2) is 30.7 Å². The van der Waals surface area contributed by atoms with Crippen LogP contribution in [0.3, 0.4) is 0 Å². The molecular formula is C33H49N7O6. The number of hydrogen-bond donors (Lipinski definition) is 5. The van der Waals surface area contributed by atoms with Crippen molar-refractivity contribution in [2.75, 3.05) is 6.54 Å². The summed E-state index contributed by atoms with van der Waals surface area (Å²) in [7, 11) is 0. The van der Waals surface area contributed by atoms with Crippen molar-refractivity contribution in [3.05, 3.63) is 36.4 Å². The van der Waals surface area contributed by atoms with Crippen LogP contribution in [0.5, 0.6) is 0 Å². The largest absolute Gasteiger partial charge is 0.354 e. The average Bonchev–Trinajstić information content (AvgIpc) is 3.71. The Morgan fingerprint density at radius 2 is 1.70 bits per heavy atom. The molecule has 1 heterocycles. The van der Waals surface area contributed by atoms with Crippen LogP contribution in [0.2, 0.25) is 0 Å². The summed E-state index contributed by atoms with van der Waals surface area (Å²) < 4.78 is 0. The smallest absolute Gasteiger partial charge is 0.289 e. The second kappa shape index (κ2) is 16.4. The molecule has 252 valence electrons. The Balaban J connectivity index is 1.57. The monoisotopic (exact) mass is 639 g/mol. The van der Waals surface area contributed by atoms with E-state index in [0.717, 1.165) is 12.8 Å². The average molecular weight is 640 g/mol. The number of Topliss-reactive ketones (excluding diaryl/α,β-unsaturated/α-hetero) is 1. The van der Waals surface area contributed by atoms with Crippen molar-refractivity contribution in [2.24, 2.45) is 23.2 Å². The minimum atomic E-state index is -0.920. The van der Waals surface area contributed by atoms with E-state index in [-0.39, 0.29) is 54.3 Å². The summed E-state index contributed by atoms with van der Waals surface area (Å²) in [5.41, 5.74) is -0.585. The molecule has 46 heavy (non-hydrogen) atoms. The lowest BCUT2D eigenvalue weighted by molar-refractivity contribution is -0.140. The van der Waals surface area contributed by atoms with Gasteiger partial charge in [0.05, 0.1) is 12.2 Å². The number of amides is 5. The van der Waals surface area contributed by atoms with Gasteiger partial charge in [0.15, 0.2) is 0 Å². The van der Waals surface area contributed by atoms with Crippen LogP contribution >= 0.6 is 0 Å². The number of carbonyl (C=O) groups is 6. The summed E-state index contributed by atoms with van der Waals surface area (Å²) in [6.07, 6.45) is 11.5. The van der Waals surface area contributed by atoms with E-state index in [1.54, 1.807) is 13.8 Å². The molecule has 1 aromatic heterocycles. The number of nitrogens with one attached hydrogen (secondary N) is 5. The molecule has 0 spiro atoms. The third-order valence-electron chi connectivity index (χ3n) is 8.20. The van der Waals surface area contributed by atoms with Gasteiger partial charge >= 0.3 is 0 Å². The van der Waals surface area contributed by atoms with Gasteiger partial charge < -0.3 is 26.6 Å². The normalized spacial score (nSPS) is 19.5. The molecule has 1 aromatic rings. The fraction of sp³-hybridized carbons (Fsp3) is 0.636. The van der Waals surface area contributed by atoms with E-state index in [2.05, 4.69) is 36.6 Å². The number of rotatable bonds is 16. The van der Waals surface area contributed by atoms with Crippen LogP contribution < -0.4 is 26.6 Å². The van der Waals surface area contributed by atoms with E-state index in [1.807, 2.05) is 39.8 Å². The lowest BCUT2D eigenvalue weighted by Gasteiger charge is -2.33. The number of carbonyl (C=O) groups excluding carboxylic acids is 6. The first-order valence-corrected chi connectivity index (χ1v) is 16.2. The lowest BCUT2D eigenvalue weighted by Crippen LogP contribution is -2.59. The van der Waals surface area contributed by atoms with Crippen molar-refractivity contribution < 1.29 is 28.8 Å². The maximum atomic E-state index is 13.5. The summed E-state index contributed by atoms with van der Waals surface area (Å²) in [5.74, 6) is -3.56. The van der Waals surface area contributed by atoms with Gasteiger partial charge in [0, 0.05) is 31.4 Å². The molecule has 0 aliphatic heterocycles. The van der Waals surface area contributed by atoms with Crippen molar-refractivity contribution in [3.63, 3.8) is 0 Å². The molecular weight excluding hydrogens is 590 g/mol. The van der Waals surface area contributed by atoms with E-state index in [1.165, 1.54) is 18.6 Å². The van der Waals surface area contributed by atoms with Gasteiger partial charge in [-0.05, 0) is 48.9 Å². The fourth-order valence-electron chi connectivity index (χ4n) is 5.32. The number of aromatic nitrogens is 2. The van der Waals surface area contributed by atoms with Gasteiger partial charge in [-0.3, -0.25) is 33.8 Å². The standard InChI is InChI=1S/C33H49N7O6/c1-7-9-23(27(42)31(45)37-22-12-13-22)38-25(41)16-20-10-8-11-21(20)17-36-32(46)28(33(4,5)6)40-30(44)26(19(2)3)39-29(43)24-18-34-14-15-35-24/h8,11,14-15,18-23,26,28H,7,9-10,12-13,16-17H2,1-6H3,(H,36,46)(H,37,45)(H,38,41)(H,39,43)(H,40,44)/t20-,21+,23?,26-,28-/m1/s1. The van der Waals surface area contributed by atoms with E-state index in [4.69, 9.17) is 0 Å². The summed E-state index contributed by atoms with van der Waals surface area (Å²) in [4.78, 5) is 85.4. The van der Waals surface area contributed by atoms with Crippen LogP contribution in [0.4, 0.5) is 0 Å². The van der Waals surface area contributed by atoms with Crippen molar-refractivity contribution in [3.8, 4) is 0 Å². The number of allylic oxidation sites excluding steroid dienone is 1. The van der Waals surface area contributed by atoms with Crippen molar-refractivity contribution >= 4 is 35.3 Å². The zero-order valence-corrected chi connectivity index (χ0v) is 27.7. The zero-order chi connectivity index (χ0) is 34.0. The summed E-state index contributed by atoms with van der Waals surface area (Å²) in [5, 5.41) is 13.9. The van der Waals surface area contributed by atoms with Gasteiger partial charge in [-0.2, -0.15) is 0 Å². The predicted octanol–water partition coefficient (Wildman–Crippen LogP) is 1.59. The Morgan fingerprint density at radius 3 is 2.28 bits per heavy atom. The first-order valence-electron chi connectivity index (χ1n) is 16.2. The van der Waals surface area contributed by atoms with E-state index >= 15 is 0 Å². The summed E-state index contributed by atoms with van der Waals surface area (Å²) >= 11 is 0. The number of ketones is 1. The van der Waals surface area contributed by atoms with Crippen LogP contribution in [-0.2, 0) is 24.0 Å². The second-order valence-electron chi connectivity index (χ2n) is 13.7. The molecule has 1 saturated carbocycles. The maximum absolute atomic E-state index is 13.5. The van der Waals surface area contributed by atoms with E-state index in [9.17, 15) is 28.8 Å². The molecule has 5 N–H and O–H groups in total. The van der Waals surface area contributed by atoms with E-state index < -0.39 is 47.0 Å².